The SMILES string of the molecule is CCCCN(I)CCNC. The number of nitrogens with one attached hydrogen (secondary N) is 1. The summed E-state index contributed by atoms with van der Waals surface area (Å²) in [6, 6.07) is 0. The van der Waals surface area contributed by atoms with E-state index in [0.29, 0.717) is 0 Å². The van der Waals surface area contributed by atoms with Crippen molar-refractivity contribution in [3.8, 4) is 0 Å². The van der Waals surface area contributed by atoms with Gasteiger partial charge in [0.15, 0.2) is 0 Å². The third-order valence-corrected chi connectivity index (χ3v) is 2.32. The third-order valence-electron chi connectivity index (χ3n) is 1.36. The quantitative estimate of drug-likeness (QED) is 0.574. The Balaban J connectivity index is 3.00. The van der Waals surface area contributed by atoms with Gasteiger partial charge in [0.1, 0.15) is 0 Å². The van der Waals surface area contributed by atoms with Crippen LogP contribution < -0.4 is 5.32 Å². The number of hydrogen-bond donors (Lipinski definition) is 1. The molecule has 0 heterocycles. The van der Waals surface area contributed by atoms with Crippen molar-refractivity contribution in [2.45, 2.75) is 19.8 Å². The lowest BCUT2D eigenvalue weighted by atomic mass is 10.3. The zero-order chi connectivity index (χ0) is 7.82. The van der Waals surface area contributed by atoms with Gasteiger partial charge < -0.3 is 5.32 Å². The Hall–Kier alpha value is 0.650. The molecule has 0 spiro atoms. The summed E-state index contributed by atoms with van der Waals surface area (Å²) in [4.78, 5) is 0. The Morgan fingerprint density at radius 2 is 2.10 bits per heavy atom. The van der Waals surface area contributed by atoms with Crippen molar-refractivity contribution in [3.05, 3.63) is 0 Å². The molecule has 0 bridgehead atoms. The van der Waals surface area contributed by atoms with Gasteiger partial charge in [-0.3, -0.25) is 0 Å². The third kappa shape index (κ3) is 6.77. The van der Waals surface area contributed by atoms with Crippen LogP contribution in [0.25, 0.3) is 0 Å². The summed E-state index contributed by atoms with van der Waals surface area (Å²) < 4.78 is 2.33. The molecule has 0 aliphatic heterocycles. The molecule has 0 atom stereocenters. The summed E-state index contributed by atoms with van der Waals surface area (Å²) in [5, 5.41) is 3.13. The summed E-state index contributed by atoms with van der Waals surface area (Å²) >= 11 is 2.38. The van der Waals surface area contributed by atoms with E-state index in [1.165, 1.54) is 19.4 Å². The van der Waals surface area contributed by atoms with Gasteiger partial charge in [0, 0.05) is 42.5 Å². The van der Waals surface area contributed by atoms with Gasteiger partial charge in [0.2, 0.25) is 0 Å². The van der Waals surface area contributed by atoms with Crippen LogP contribution in [0, 0.1) is 0 Å². The molecular formula is C7H17IN2. The van der Waals surface area contributed by atoms with Crippen molar-refractivity contribution in [1.29, 1.82) is 0 Å². The lowest BCUT2D eigenvalue weighted by Gasteiger charge is -2.12. The van der Waals surface area contributed by atoms with Crippen LogP contribution in [0.5, 0.6) is 0 Å². The van der Waals surface area contributed by atoms with Crippen LogP contribution in [0.2, 0.25) is 0 Å². The molecule has 62 valence electrons. The number of halogens is 1. The van der Waals surface area contributed by atoms with E-state index >= 15 is 0 Å². The van der Waals surface area contributed by atoms with E-state index in [9.17, 15) is 0 Å². The first-order valence-electron chi connectivity index (χ1n) is 3.86. The monoisotopic (exact) mass is 256 g/mol. The summed E-state index contributed by atoms with van der Waals surface area (Å²) in [5.74, 6) is 0. The minimum Gasteiger partial charge on any atom is -0.318 e. The van der Waals surface area contributed by atoms with Gasteiger partial charge in [-0.15, -0.1) is 0 Å². The molecule has 10 heavy (non-hydrogen) atoms. The fourth-order valence-electron chi connectivity index (χ4n) is 0.675. The molecule has 0 saturated carbocycles. The number of likely N-dealkylation sites (N-methyl/N-ethyl adjacent to an activating group) is 1. The van der Waals surface area contributed by atoms with E-state index in [0.717, 1.165) is 13.1 Å². The van der Waals surface area contributed by atoms with Crippen LogP contribution >= 0.6 is 22.9 Å². The van der Waals surface area contributed by atoms with Crippen molar-refractivity contribution >= 4 is 22.9 Å². The molecule has 0 aliphatic carbocycles. The molecule has 0 radical (unpaired) electrons. The molecule has 0 aromatic rings. The Labute approximate surface area is 77.9 Å². The maximum Gasteiger partial charge on any atom is 0.0206 e. The molecule has 0 saturated heterocycles. The smallest absolute Gasteiger partial charge is 0.0206 e. The average molecular weight is 256 g/mol. The van der Waals surface area contributed by atoms with E-state index in [1.54, 1.807) is 0 Å². The first-order chi connectivity index (χ1) is 4.81. The van der Waals surface area contributed by atoms with Gasteiger partial charge in [-0.25, -0.2) is 3.11 Å². The van der Waals surface area contributed by atoms with Gasteiger partial charge in [-0.1, -0.05) is 13.3 Å². The highest BCUT2D eigenvalue weighted by atomic mass is 127. The van der Waals surface area contributed by atoms with Crippen LogP contribution in [-0.4, -0.2) is 29.8 Å². The first kappa shape index (κ1) is 10.7. The number of unbranched alkanes of at least 4 members (excludes halogenated alkanes) is 1. The average Bonchev–Trinajstić information content (AvgIpc) is 1.97. The van der Waals surface area contributed by atoms with Gasteiger partial charge in [-0.05, 0) is 13.5 Å². The van der Waals surface area contributed by atoms with Crippen molar-refractivity contribution in [2.75, 3.05) is 26.7 Å². The highest BCUT2D eigenvalue weighted by Gasteiger charge is 1.95. The van der Waals surface area contributed by atoms with Crippen LogP contribution in [-0.2, 0) is 0 Å². The summed E-state index contributed by atoms with van der Waals surface area (Å²) in [6.45, 7) is 5.69. The topological polar surface area (TPSA) is 15.3 Å². The van der Waals surface area contributed by atoms with E-state index in [-0.39, 0.29) is 0 Å². The molecule has 0 aromatic heterocycles. The van der Waals surface area contributed by atoms with Gasteiger partial charge in [-0.2, -0.15) is 0 Å². The lowest BCUT2D eigenvalue weighted by molar-refractivity contribution is 0.485. The molecule has 1 N–H and O–H groups in total. The maximum atomic E-state index is 3.13. The predicted molar refractivity (Wildman–Crippen MR) is 54.4 cm³/mol. The van der Waals surface area contributed by atoms with E-state index < -0.39 is 0 Å². The Bertz CT molecular complexity index is 60.6. The molecule has 0 amide bonds. The van der Waals surface area contributed by atoms with Gasteiger partial charge in [0.25, 0.3) is 0 Å². The molecule has 3 heteroatoms. The van der Waals surface area contributed by atoms with E-state index in [2.05, 4.69) is 38.2 Å². The zero-order valence-corrected chi connectivity index (χ0v) is 9.02. The summed E-state index contributed by atoms with van der Waals surface area (Å²) in [6.07, 6.45) is 2.60. The van der Waals surface area contributed by atoms with Crippen LogP contribution in [0.15, 0.2) is 0 Å². The number of nitrogens with zero attached hydrogens (tertiary/aromatic N) is 1. The largest absolute Gasteiger partial charge is 0.318 e. The predicted octanol–water partition coefficient (Wildman–Crippen LogP) is 1.66. The second-order valence-electron chi connectivity index (χ2n) is 2.37. The lowest BCUT2D eigenvalue weighted by Crippen LogP contribution is -2.23. The maximum absolute atomic E-state index is 3.13. The molecule has 0 aromatic carbocycles. The van der Waals surface area contributed by atoms with Gasteiger partial charge in [0.05, 0.1) is 0 Å². The normalized spacial score (nSPS) is 10.8. The fourth-order valence-corrected chi connectivity index (χ4v) is 1.26. The zero-order valence-electron chi connectivity index (χ0n) is 6.86. The molecule has 0 aliphatic rings. The minimum atomic E-state index is 1.09. The molecule has 2 nitrogen and oxygen atoms in total. The Morgan fingerprint density at radius 1 is 1.40 bits per heavy atom. The van der Waals surface area contributed by atoms with Gasteiger partial charge >= 0.3 is 0 Å². The Kier molecular flexibility index (Phi) is 8.26. The van der Waals surface area contributed by atoms with Crippen LogP contribution in [0.3, 0.4) is 0 Å². The number of rotatable bonds is 6. The van der Waals surface area contributed by atoms with Crippen LogP contribution in [0.4, 0.5) is 0 Å². The minimum absolute atomic E-state index is 1.09. The molecule has 0 rings (SSSR count). The second-order valence-corrected chi connectivity index (χ2v) is 3.73. The summed E-state index contributed by atoms with van der Waals surface area (Å²) in [5.41, 5.74) is 0. The van der Waals surface area contributed by atoms with Crippen molar-refractivity contribution < 1.29 is 0 Å². The van der Waals surface area contributed by atoms with E-state index in [1.807, 2.05) is 7.05 Å². The van der Waals surface area contributed by atoms with Crippen molar-refractivity contribution in [2.24, 2.45) is 0 Å². The van der Waals surface area contributed by atoms with Crippen LogP contribution in [0.1, 0.15) is 19.8 Å². The van der Waals surface area contributed by atoms with Crippen molar-refractivity contribution in [3.63, 3.8) is 0 Å². The van der Waals surface area contributed by atoms with Crippen molar-refractivity contribution in [1.82, 2.24) is 8.43 Å². The molecular weight excluding hydrogens is 239 g/mol. The molecule has 0 unspecified atom stereocenters. The van der Waals surface area contributed by atoms with E-state index in [4.69, 9.17) is 0 Å². The standard InChI is InChI=1S/C7H17IN2/c1-3-4-6-10(8)7-5-9-2/h9H,3-7H2,1-2H3. The highest BCUT2D eigenvalue weighted by molar-refractivity contribution is 14.1. The number of hydrogen-bond acceptors (Lipinski definition) is 2. The first-order valence-corrected chi connectivity index (χ1v) is 4.83. The highest BCUT2D eigenvalue weighted by Crippen LogP contribution is 2.00. The fraction of sp³-hybridized carbons (Fsp3) is 1.00. The Morgan fingerprint density at radius 3 is 2.60 bits per heavy atom. The summed E-state index contributed by atoms with van der Waals surface area (Å²) in [7, 11) is 1.99. The second kappa shape index (κ2) is 7.75. The molecule has 0 fully saturated rings.